The normalized spacial score (nSPS) is 12.0. The average Bonchev–Trinajstić information content (AvgIpc) is 3.11. The Balaban J connectivity index is 0. The average molecular weight is 721 g/mol. The molecular formula is C43H91FNO3S+. The Bertz CT molecular complexity index is 696. The van der Waals surface area contributed by atoms with Crippen LogP contribution in [0.3, 0.4) is 0 Å². The highest BCUT2D eigenvalue weighted by Gasteiger charge is 2.16. The number of alkyl halides is 1. The van der Waals surface area contributed by atoms with Gasteiger partial charge in [-0.15, -0.1) is 0 Å². The molecule has 0 fully saturated rings. The molecule has 0 saturated carbocycles. The van der Waals surface area contributed by atoms with Gasteiger partial charge in [0.05, 0.1) is 45.2 Å². The Morgan fingerprint density at radius 2 is 0.653 bits per heavy atom. The molecule has 0 spiro atoms. The summed E-state index contributed by atoms with van der Waals surface area (Å²) in [6.07, 6.45) is 38.8. The summed E-state index contributed by atoms with van der Waals surface area (Å²) in [5.41, 5.74) is 0. The number of hydrogen-bond donors (Lipinski definition) is 0. The molecule has 0 aromatic rings. The molecule has 0 N–H and O–H groups in total. The Kier molecular flexibility index (Phi) is 42.1. The fourth-order valence-electron chi connectivity index (χ4n) is 6.91. The highest BCUT2D eigenvalue weighted by atomic mass is 32.2. The fourth-order valence-corrected chi connectivity index (χ4v) is 7.96. The number of hydrogen-bond acceptors (Lipinski definition) is 3. The molecule has 0 saturated heterocycles. The molecule has 0 radical (unpaired) electrons. The van der Waals surface area contributed by atoms with E-state index < -0.39 is 10.1 Å². The first-order chi connectivity index (χ1) is 23.9. The van der Waals surface area contributed by atoms with Crippen LogP contribution in [0.25, 0.3) is 0 Å². The van der Waals surface area contributed by atoms with Gasteiger partial charge in [-0.2, -0.15) is 8.42 Å². The van der Waals surface area contributed by atoms with Gasteiger partial charge in [0.2, 0.25) is 0 Å². The quantitative estimate of drug-likeness (QED) is 0.0361. The zero-order valence-corrected chi connectivity index (χ0v) is 35.1. The minimum absolute atomic E-state index is 0.162. The lowest BCUT2D eigenvalue weighted by molar-refractivity contribution is -0.921. The van der Waals surface area contributed by atoms with E-state index in [4.69, 9.17) is 4.18 Å². The first kappa shape index (κ1) is 50.9. The van der Waals surface area contributed by atoms with E-state index in [-0.39, 0.29) is 12.4 Å². The van der Waals surface area contributed by atoms with E-state index >= 15 is 0 Å². The number of nitrogens with zero attached hydrogens (tertiary/aromatic N) is 1. The van der Waals surface area contributed by atoms with E-state index in [9.17, 15) is 12.8 Å². The molecule has 6 heteroatoms. The van der Waals surface area contributed by atoms with Gasteiger partial charge < -0.3 is 4.48 Å². The van der Waals surface area contributed by atoms with Gasteiger partial charge in [0.15, 0.2) is 0 Å². The summed E-state index contributed by atoms with van der Waals surface area (Å²) in [7, 11) is -3.35. The largest absolute Gasteiger partial charge is 0.325 e. The van der Waals surface area contributed by atoms with Crippen LogP contribution in [-0.4, -0.2) is 58.1 Å². The smallest absolute Gasteiger partial charge is 0.267 e. The van der Waals surface area contributed by atoms with Crippen LogP contribution in [0.15, 0.2) is 0 Å². The monoisotopic (exact) mass is 721 g/mol. The predicted octanol–water partition coefficient (Wildman–Crippen LogP) is 14.3. The molecule has 0 heterocycles. The zero-order chi connectivity index (χ0) is 36.6. The van der Waals surface area contributed by atoms with Crippen molar-refractivity contribution in [1.29, 1.82) is 0 Å². The maximum absolute atomic E-state index is 12.1. The maximum atomic E-state index is 12.1. The molecule has 0 unspecified atom stereocenters. The summed E-state index contributed by atoms with van der Waals surface area (Å²) >= 11 is 0. The molecule has 0 amide bonds. The predicted molar refractivity (Wildman–Crippen MR) is 217 cm³/mol. The number of rotatable bonds is 39. The van der Waals surface area contributed by atoms with Gasteiger partial charge in [-0.3, -0.25) is 8.57 Å². The van der Waals surface area contributed by atoms with Crippen LogP contribution in [0.4, 0.5) is 4.39 Å². The van der Waals surface area contributed by atoms with Crippen molar-refractivity contribution in [3.63, 3.8) is 0 Å². The number of halogens is 1. The van der Waals surface area contributed by atoms with E-state index in [0.717, 1.165) is 38.5 Å². The van der Waals surface area contributed by atoms with E-state index in [1.165, 1.54) is 178 Å². The summed E-state index contributed by atoms with van der Waals surface area (Å²) < 4.78 is 42.6. The first-order valence-electron chi connectivity index (χ1n) is 22.1. The van der Waals surface area contributed by atoms with Crippen molar-refractivity contribution in [2.24, 2.45) is 0 Å². The summed E-state index contributed by atoms with van der Waals surface area (Å²) in [4.78, 5) is 0. The first-order valence-corrected chi connectivity index (χ1v) is 23.7. The van der Waals surface area contributed by atoms with E-state index in [1.54, 1.807) is 0 Å². The molecule has 298 valence electrons. The van der Waals surface area contributed by atoms with Crippen molar-refractivity contribution >= 4 is 10.1 Å². The molecule has 0 aliphatic rings. The molecule has 0 aliphatic heterocycles. The minimum atomic E-state index is -3.35. The third kappa shape index (κ3) is 38.9. The van der Waals surface area contributed by atoms with Gasteiger partial charge in [-0.05, 0) is 47.0 Å². The summed E-state index contributed by atoms with van der Waals surface area (Å²) in [5.74, 6) is 0.162. The molecule has 0 atom stereocenters. The summed E-state index contributed by atoms with van der Waals surface area (Å²) in [6, 6.07) is 0. The van der Waals surface area contributed by atoms with Crippen LogP contribution >= 0.6 is 0 Å². The zero-order valence-electron chi connectivity index (χ0n) is 34.3. The van der Waals surface area contributed by atoms with Crippen LogP contribution in [0.2, 0.25) is 0 Å². The second-order valence-corrected chi connectivity index (χ2v) is 16.7. The van der Waals surface area contributed by atoms with Crippen LogP contribution in [0.5, 0.6) is 0 Å². The van der Waals surface area contributed by atoms with Gasteiger partial charge in [0, 0.05) is 0 Å². The van der Waals surface area contributed by atoms with E-state index in [1.807, 2.05) is 0 Å². The fraction of sp³-hybridized carbons (Fsp3) is 1.00. The van der Waals surface area contributed by atoms with Gasteiger partial charge in [0.1, 0.15) is 0 Å². The standard InChI is InChI=1S/C35H71FO3S.C8H20N/c1-2-3-4-5-6-7-8-9-10-11-12-13-14-15-16-17-19-22-25-28-31-34-39-40(37,38)35-32-29-26-23-20-18-21-24-27-30-33-36;1-5-9(6-2,7-3)8-4/h2-35H2,1H3;5-8H2,1-4H3/q;+1. The minimum Gasteiger partial charge on any atom is -0.325 e. The molecule has 0 aliphatic carbocycles. The molecule has 0 bridgehead atoms. The van der Waals surface area contributed by atoms with Crippen LogP contribution < -0.4 is 0 Å². The Morgan fingerprint density at radius 1 is 0.388 bits per heavy atom. The van der Waals surface area contributed by atoms with Crippen LogP contribution in [0, 0.1) is 0 Å². The van der Waals surface area contributed by atoms with Crippen LogP contribution in [0.1, 0.15) is 234 Å². The van der Waals surface area contributed by atoms with Gasteiger partial charge >= 0.3 is 0 Å². The Hall–Kier alpha value is -0.200. The topological polar surface area (TPSA) is 43.4 Å². The molecule has 0 rings (SSSR count). The number of unbranched alkanes of at least 4 members (excludes halogenated alkanes) is 29. The maximum Gasteiger partial charge on any atom is 0.267 e. The molecular weight excluding hydrogens is 630 g/mol. The number of quaternary nitrogens is 1. The molecule has 0 aromatic carbocycles. The third-order valence-electron chi connectivity index (χ3n) is 11.0. The highest BCUT2D eigenvalue weighted by Crippen LogP contribution is 2.16. The second-order valence-electron chi connectivity index (χ2n) is 15.0. The van der Waals surface area contributed by atoms with Crippen LogP contribution in [-0.2, 0) is 14.3 Å². The third-order valence-corrected chi connectivity index (χ3v) is 12.3. The van der Waals surface area contributed by atoms with Crippen molar-refractivity contribution < 1.29 is 21.5 Å². The lowest BCUT2D eigenvalue weighted by Crippen LogP contribution is -2.47. The Labute approximate surface area is 309 Å². The van der Waals surface area contributed by atoms with E-state index in [0.29, 0.717) is 19.4 Å². The Morgan fingerprint density at radius 3 is 0.918 bits per heavy atom. The van der Waals surface area contributed by atoms with E-state index in [2.05, 4.69) is 34.6 Å². The van der Waals surface area contributed by atoms with Crippen molar-refractivity contribution in [2.75, 3.05) is 45.2 Å². The lowest BCUT2D eigenvalue weighted by Gasteiger charge is -2.34. The van der Waals surface area contributed by atoms with Crippen molar-refractivity contribution in [3.05, 3.63) is 0 Å². The highest BCUT2D eigenvalue weighted by molar-refractivity contribution is 7.86. The van der Waals surface area contributed by atoms with Crippen molar-refractivity contribution in [2.45, 2.75) is 234 Å². The van der Waals surface area contributed by atoms with Gasteiger partial charge in [-0.1, -0.05) is 187 Å². The van der Waals surface area contributed by atoms with Gasteiger partial charge in [0.25, 0.3) is 10.1 Å². The summed E-state index contributed by atoms with van der Waals surface area (Å²) in [6.45, 7) is 16.7. The lowest BCUT2D eigenvalue weighted by atomic mass is 10.0. The van der Waals surface area contributed by atoms with Crippen molar-refractivity contribution in [3.8, 4) is 0 Å². The van der Waals surface area contributed by atoms with Gasteiger partial charge in [-0.25, -0.2) is 0 Å². The second kappa shape index (κ2) is 40.6. The molecule has 0 aromatic heterocycles. The van der Waals surface area contributed by atoms with Crippen molar-refractivity contribution in [1.82, 2.24) is 0 Å². The molecule has 49 heavy (non-hydrogen) atoms. The SMILES string of the molecule is CCCCCCCCCCCCCCCCCCCCCCCOS(=O)(=O)CCCCCCCCCCCCF.CC[N+](CC)(CC)CC. The summed E-state index contributed by atoms with van der Waals surface area (Å²) in [5, 5.41) is 0. The molecule has 4 nitrogen and oxygen atoms in total.